The first-order valence-electron chi connectivity index (χ1n) is 9.97. The molecule has 3 aromatic rings. The maximum atomic E-state index is 5.39. The van der Waals surface area contributed by atoms with Gasteiger partial charge in [0.2, 0.25) is 5.95 Å². The van der Waals surface area contributed by atoms with E-state index in [9.17, 15) is 0 Å². The van der Waals surface area contributed by atoms with E-state index in [-0.39, 0.29) is 0 Å². The number of piperazine rings is 1. The smallest absolute Gasteiger partial charge is 0.225 e. The van der Waals surface area contributed by atoms with Crippen LogP contribution in [0.4, 0.5) is 5.95 Å². The number of anilines is 1. The fourth-order valence-corrected chi connectivity index (χ4v) is 3.54. The molecule has 0 N–H and O–H groups in total. The Morgan fingerprint density at radius 2 is 1.73 bits per heavy atom. The molecule has 0 aliphatic carbocycles. The number of hydrogen-bond donors (Lipinski definition) is 0. The van der Waals surface area contributed by atoms with Gasteiger partial charge in [-0.1, -0.05) is 6.07 Å². The van der Waals surface area contributed by atoms with Crippen LogP contribution in [0.25, 0.3) is 0 Å². The van der Waals surface area contributed by atoms with Crippen LogP contribution in [-0.4, -0.2) is 75.5 Å². The zero-order valence-corrected chi connectivity index (χ0v) is 17.3. The Hall–Kier alpha value is -3.27. The van der Waals surface area contributed by atoms with Crippen LogP contribution in [0.2, 0.25) is 0 Å². The molecule has 0 saturated carbocycles. The summed E-state index contributed by atoms with van der Waals surface area (Å²) in [7, 11) is 3.28. The molecular weight excluding hydrogens is 384 g/mol. The molecule has 1 aromatic carbocycles. The third-order valence-electron chi connectivity index (χ3n) is 5.24. The Bertz CT molecular complexity index is 941. The Kier molecular flexibility index (Phi) is 6.33. The predicted molar refractivity (Wildman–Crippen MR) is 111 cm³/mol. The predicted octanol–water partition coefficient (Wildman–Crippen LogP) is 1.05. The molecule has 158 valence electrons. The highest BCUT2D eigenvalue weighted by Crippen LogP contribution is 2.27. The van der Waals surface area contributed by atoms with Crippen molar-refractivity contribution in [1.82, 2.24) is 35.1 Å². The van der Waals surface area contributed by atoms with E-state index in [1.54, 1.807) is 26.6 Å². The average molecular weight is 410 g/mol. The summed E-state index contributed by atoms with van der Waals surface area (Å²) in [5, 5.41) is 12.3. The second-order valence-corrected chi connectivity index (χ2v) is 7.07. The fourth-order valence-electron chi connectivity index (χ4n) is 3.54. The second kappa shape index (κ2) is 9.49. The van der Waals surface area contributed by atoms with Gasteiger partial charge in [-0.25, -0.2) is 14.6 Å². The van der Waals surface area contributed by atoms with E-state index in [2.05, 4.69) is 35.3 Å². The van der Waals surface area contributed by atoms with Crippen molar-refractivity contribution < 1.29 is 9.47 Å². The van der Waals surface area contributed by atoms with Gasteiger partial charge < -0.3 is 14.4 Å². The summed E-state index contributed by atoms with van der Waals surface area (Å²) in [4.78, 5) is 13.2. The first kappa shape index (κ1) is 20.0. The first-order chi connectivity index (χ1) is 14.8. The Balaban J connectivity index is 1.32. The van der Waals surface area contributed by atoms with Gasteiger partial charge in [0.1, 0.15) is 0 Å². The SMILES string of the molecule is COc1ccc(CCn2nnnc2CN2CCN(c3ncccn3)CC2)cc1OC. The van der Waals surface area contributed by atoms with E-state index in [1.165, 1.54) is 0 Å². The highest BCUT2D eigenvalue weighted by atomic mass is 16.5. The zero-order valence-electron chi connectivity index (χ0n) is 17.3. The second-order valence-electron chi connectivity index (χ2n) is 7.07. The van der Waals surface area contributed by atoms with E-state index in [0.717, 1.165) is 68.0 Å². The lowest BCUT2D eigenvalue weighted by molar-refractivity contribution is 0.238. The molecule has 3 heterocycles. The molecule has 1 saturated heterocycles. The molecule has 0 spiro atoms. The van der Waals surface area contributed by atoms with Crippen LogP contribution in [0.1, 0.15) is 11.4 Å². The normalized spacial score (nSPS) is 14.7. The number of hydrogen-bond acceptors (Lipinski definition) is 9. The van der Waals surface area contributed by atoms with Crippen molar-refractivity contribution in [2.45, 2.75) is 19.5 Å². The molecule has 1 aliphatic heterocycles. The van der Waals surface area contributed by atoms with Gasteiger partial charge >= 0.3 is 0 Å². The number of aryl methyl sites for hydroxylation is 2. The molecule has 0 amide bonds. The van der Waals surface area contributed by atoms with Crippen molar-refractivity contribution in [3.05, 3.63) is 48.0 Å². The maximum absolute atomic E-state index is 5.39. The van der Waals surface area contributed by atoms with Crippen molar-refractivity contribution >= 4 is 5.95 Å². The molecule has 4 rings (SSSR count). The number of benzene rings is 1. The van der Waals surface area contributed by atoms with Gasteiger partial charge in [-0.2, -0.15) is 0 Å². The van der Waals surface area contributed by atoms with Crippen LogP contribution in [0.15, 0.2) is 36.7 Å². The average Bonchev–Trinajstić information content (AvgIpc) is 3.25. The lowest BCUT2D eigenvalue weighted by atomic mass is 10.1. The molecule has 1 aliphatic rings. The van der Waals surface area contributed by atoms with Crippen LogP contribution in [0, 0.1) is 0 Å². The van der Waals surface area contributed by atoms with Crippen molar-refractivity contribution in [2.24, 2.45) is 0 Å². The summed E-state index contributed by atoms with van der Waals surface area (Å²) in [5.41, 5.74) is 1.14. The van der Waals surface area contributed by atoms with Crippen LogP contribution in [0.3, 0.4) is 0 Å². The minimum atomic E-state index is 0.704. The molecule has 30 heavy (non-hydrogen) atoms. The molecular formula is C20H26N8O2. The molecule has 10 nitrogen and oxygen atoms in total. The van der Waals surface area contributed by atoms with Gasteiger partial charge in [0.05, 0.1) is 20.8 Å². The summed E-state index contributed by atoms with van der Waals surface area (Å²) >= 11 is 0. The third-order valence-corrected chi connectivity index (χ3v) is 5.24. The lowest BCUT2D eigenvalue weighted by Gasteiger charge is -2.34. The van der Waals surface area contributed by atoms with E-state index in [1.807, 2.05) is 28.9 Å². The third kappa shape index (κ3) is 4.65. The van der Waals surface area contributed by atoms with Crippen LogP contribution in [0.5, 0.6) is 11.5 Å². The summed E-state index contributed by atoms with van der Waals surface area (Å²) in [6.45, 7) is 5.04. The first-order valence-corrected chi connectivity index (χ1v) is 9.97. The molecule has 0 radical (unpaired) electrons. The number of ether oxygens (including phenoxy) is 2. The molecule has 0 unspecified atom stereocenters. The Morgan fingerprint density at radius 3 is 2.47 bits per heavy atom. The van der Waals surface area contributed by atoms with E-state index < -0.39 is 0 Å². The number of nitrogens with zero attached hydrogens (tertiary/aromatic N) is 8. The van der Waals surface area contributed by atoms with E-state index in [0.29, 0.717) is 6.54 Å². The number of methoxy groups -OCH3 is 2. The molecule has 0 bridgehead atoms. The van der Waals surface area contributed by atoms with Gasteiger partial charge in [0.25, 0.3) is 0 Å². The monoisotopic (exact) mass is 410 g/mol. The number of aromatic nitrogens is 6. The van der Waals surface area contributed by atoms with Gasteiger partial charge in [-0.3, -0.25) is 4.90 Å². The molecule has 0 atom stereocenters. The van der Waals surface area contributed by atoms with E-state index in [4.69, 9.17) is 9.47 Å². The fraction of sp³-hybridized carbons (Fsp3) is 0.450. The molecule has 2 aromatic heterocycles. The quantitative estimate of drug-likeness (QED) is 0.540. The van der Waals surface area contributed by atoms with Crippen molar-refractivity contribution in [3.63, 3.8) is 0 Å². The zero-order chi connectivity index (χ0) is 20.8. The maximum Gasteiger partial charge on any atom is 0.225 e. The van der Waals surface area contributed by atoms with Crippen molar-refractivity contribution in [2.75, 3.05) is 45.3 Å². The van der Waals surface area contributed by atoms with Gasteiger partial charge in [0, 0.05) is 45.1 Å². The minimum absolute atomic E-state index is 0.704. The Labute approximate surface area is 175 Å². The summed E-state index contributed by atoms with van der Waals surface area (Å²) < 4.78 is 12.6. The van der Waals surface area contributed by atoms with Gasteiger partial charge in [-0.15, -0.1) is 5.10 Å². The number of rotatable bonds is 8. The molecule has 1 fully saturated rings. The highest BCUT2D eigenvalue weighted by Gasteiger charge is 2.20. The standard InChI is InChI=1S/C20H26N8O2/c1-29-17-5-4-16(14-18(17)30-2)6-9-28-19(23-24-25-28)15-26-10-12-27(13-11-26)20-21-7-3-8-22-20/h3-5,7-8,14H,6,9-13,15H2,1-2H3. The molecule has 10 heteroatoms. The van der Waals surface area contributed by atoms with Crippen LogP contribution < -0.4 is 14.4 Å². The van der Waals surface area contributed by atoms with Gasteiger partial charge in [-0.05, 0) is 40.6 Å². The Morgan fingerprint density at radius 1 is 0.967 bits per heavy atom. The highest BCUT2D eigenvalue weighted by molar-refractivity contribution is 5.42. The van der Waals surface area contributed by atoms with Crippen LogP contribution in [-0.2, 0) is 19.5 Å². The minimum Gasteiger partial charge on any atom is -0.493 e. The topological polar surface area (TPSA) is 94.3 Å². The number of tetrazole rings is 1. The largest absolute Gasteiger partial charge is 0.493 e. The summed E-state index contributed by atoms with van der Waals surface area (Å²) in [5.74, 6) is 3.12. The summed E-state index contributed by atoms with van der Waals surface area (Å²) in [6, 6.07) is 7.79. The van der Waals surface area contributed by atoms with Crippen molar-refractivity contribution in [3.8, 4) is 11.5 Å². The van der Waals surface area contributed by atoms with Crippen molar-refractivity contribution in [1.29, 1.82) is 0 Å². The van der Waals surface area contributed by atoms with Crippen LogP contribution >= 0.6 is 0 Å². The van der Waals surface area contributed by atoms with E-state index >= 15 is 0 Å². The lowest BCUT2D eigenvalue weighted by Crippen LogP contribution is -2.46. The van der Waals surface area contributed by atoms with Gasteiger partial charge in [0.15, 0.2) is 17.3 Å². The summed E-state index contributed by atoms with van der Waals surface area (Å²) in [6.07, 6.45) is 4.36.